The Bertz CT molecular complexity index is 387. The van der Waals surface area contributed by atoms with Crippen LogP contribution >= 0.6 is 11.6 Å². The van der Waals surface area contributed by atoms with Crippen LogP contribution in [0.1, 0.15) is 31.4 Å². The molecule has 1 saturated carbocycles. The number of rotatable bonds is 5. The van der Waals surface area contributed by atoms with Crippen molar-refractivity contribution >= 4 is 17.5 Å². The molecule has 0 bridgehead atoms. The number of halogens is 1. The van der Waals surface area contributed by atoms with Gasteiger partial charge in [-0.1, -0.05) is 23.7 Å². The molecule has 0 unspecified atom stereocenters. The van der Waals surface area contributed by atoms with E-state index >= 15 is 0 Å². The van der Waals surface area contributed by atoms with E-state index in [0.29, 0.717) is 12.6 Å². The second-order valence-corrected chi connectivity index (χ2v) is 4.93. The van der Waals surface area contributed by atoms with E-state index in [1.165, 1.54) is 0 Å². The fraction of sp³-hybridized carbons (Fsp3) is 0.462. The molecule has 0 saturated heterocycles. The number of hydrogen-bond donors (Lipinski definition) is 2. The predicted octanol–water partition coefficient (Wildman–Crippen LogP) is 2.27. The first-order valence-corrected chi connectivity index (χ1v) is 6.31. The molecule has 0 heterocycles. The average Bonchev–Trinajstić information content (AvgIpc) is 3.11. The summed E-state index contributed by atoms with van der Waals surface area (Å²) in [4.78, 5) is 11.5. The van der Waals surface area contributed by atoms with E-state index < -0.39 is 0 Å². The van der Waals surface area contributed by atoms with Crippen molar-refractivity contribution in [3.05, 3.63) is 34.9 Å². The summed E-state index contributed by atoms with van der Waals surface area (Å²) in [5.41, 5.74) is 1.13. The molecular weight excluding hydrogens is 236 g/mol. The van der Waals surface area contributed by atoms with Crippen molar-refractivity contribution in [3.8, 4) is 0 Å². The molecule has 1 aliphatic carbocycles. The number of amides is 1. The third kappa shape index (κ3) is 4.02. The Hall–Kier alpha value is -1.06. The number of carbonyl (C=O) groups excluding carboxylic acids is 1. The van der Waals surface area contributed by atoms with Gasteiger partial charge in [-0.2, -0.15) is 0 Å². The number of hydrogen-bond acceptors (Lipinski definition) is 2. The summed E-state index contributed by atoms with van der Waals surface area (Å²) in [6.07, 6.45) is 2.25. The Kier molecular flexibility index (Phi) is 4.02. The van der Waals surface area contributed by atoms with E-state index in [9.17, 15) is 4.79 Å². The van der Waals surface area contributed by atoms with E-state index in [1.807, 2.05) is 31.2 Å². The molecule has 4 heteroatoms. The zero-order valence-corrected chi connectivity index (χ0v) is 10.6. The predicted molar refractivity (Wildman–Crippen MR) is 69.0 cm³/mol. The van der Waals surface area contributed by atoms with Crippen LogP contribution in [-0.2, 0) is 4.79 Å². The number of benzene rings is 1. The van der Waals surface area contributed by atoms with Crippen molar-refractivity contribution in [3.63, 3.8) is 0 Å². The minimum absolute atomic E-state index is 0.0771. The fourth-order valence-corrected chi connectivity index (χ4v) is 1.75. The molecule has 2 N–H and O–H groups in total. The molecule has 1 aromatic rings. The zero-order valence-electron chi connectivity index (χ0n) is 9.87. The van der Waals surface area contributed by atoms with Crippen LogP contribution in [-0.4, -0.2) is 18.5 Å². The van der Waals surface area contributed by atoms with Crippen molar-refractivity contribution in [2.75, 3.05) is 6.54 Å². The van der Waals surface area contributed by atoms with Crippen molar-refractivity contribution in [2.45, 2.75) is 31.8 Å². The highest BCUT2D eigenvalue weighted by Crippen LogP contribution is 2.18. The maximum absolute atomic E-state index is 11.5. The zero-order chi connectivity index (χ0) is 12.3. The molecule has 0 radical (unpaired) electrons. The maximum Gasteiger partial charge on any atom is 0.234 e. The molecule has 3 nitrogen and oxygen atoms in total. The topological polar surface area (TPSA) is 41.1 Å². The molecule has 1 aromatic carbocycles. The molecule has 1 amide bonds. The van der Waals surface area contributed by atoms with E-state index in [1.54, 1.807) is 0 Å². The first-order valence-electron chi connectivity index (χ1n) is 5.93. The Labute approximate surface area is 107 Å². The van der Waals surface area contributed by atoms with Gasteiger partial charge >= 0.3 is 0 Å². The minimum atomic E-state index is 0.0771. The van der Waals surface area contributed by atoms with Gasteiger partial charge in [-0.15, -0.1) is 0 Å². The molecule has 0 aliphatic heterocycles. The largest absolute Gasteiger partial charge is 0.352 e. The minimum Gasteiger partial charge on any atom is -0.352 e. The van der Waals surface area contributed by atoms with Gasteiger partial charge in [0, 0.05) is 17.1 Å². The molecule has 2 rings (SSSR count). The van der Waals surface area contributed by atoms with Crippen LogP contribution in [0.4, 0.5) is 0 Å². The molecule has 1 aliphatic rings. The van der Waals surface area contributed by atoms with E-state index in [0.717, 1.165) is 23.4 Å². The standard InChI is InChI=1S/C13H17ClN2O/c1-9(10-2-4-11(14)5-3-10)15-8-13(17)16-12-6-7-12/h2-5,9,12,15H,6-8H2,1H3,(H,16,17)/t9-/m1/s1. The van der Waals surface area contributed by atoms with Crippen LogP contribution in [0.25, 0.3) is 0 Å². The highest BCUT2D eigenvalue weighted by molar-refractivity contribution is 6.30. The SMILES string of the molecule is C[C@@H](NCC(=O)NC1CC1)c1ccc(Cl)cc1. The van der Waals surface area contributed by atoms with Gasteiger partial charge in [-0.05, 0) is 37.5 Å². The van der Waals surface area contributed by atoms with Crippen molar-refractivity contribution in [1.29, 1.82) is 0 Å². The fourth-order valence-electron chi connectivity index (χ4n) is 1.62. The van der Waals surface area contributed by atoms with Gasteiger partial charge in [-0.25, -0.2) is 0 Å². The molecule has 0 spiro atoms. The van der Waals surface area contributed by atoms with E-state index in [2.05, 4.69) is 10.6 Å². The smallest absolute Gasteiger partial charge is 0.234 e. The van der Waals surface area contributed by atoms with Gasteiger partial charge in [0.1, 0.15) is 0 Å². The van der Waals surface area contributed by atoms with Crippen molar-refractivity contribution in [1.82, 2.24) is 10.6 Å². The highest BCUT2D eigenvalue weighted by Gasteiger charge is 2.23. The molecular formula is C13H17ClN2O. The normalized spacial score (nSPS) is 16.6. The Balaban J connectivity index is 1.77. The van der Waals surface area contributed by atoms with Gasteiger partial charge in [0.15, 0.2) is 0 Å². The molecule has 1 fully saturated rings. The summed E-state index contributed by atoms with van der Waals surface area (Å²) >= 11 is 5.82. The summed E-state index contributed by atoms with van der Waals surface area (Å²) < 4.78 is 0. The molecule has 0 aromatic heterocycles. The molecule has 92 valence electrons. The van der Waals surface area contributed by atoms with Crippen LogP contribution in [0.5, 0.6) is 0 Å². The lowest BCUT2D eigenvalue weighted by atomic mass is 10.1. The van der Waals surface area contributed by atoms with Crippen LogP contribution in [0.15, 0.2) is 24.3 Å². The number of carbonyl (C=O) groups is 1. The first-order chi connectivity index (χ1) is 8.15. The molecule has 1 atom stereocenters. The van der Waals surface area contributed by atoms with E-state index in [4.69, 9.17) is 11.6 Å². The summed E-state index contributed by atoms with van der Waals surface area (Å²) in [6.45, 7) is 2.40. The quantitative estimate of drug-likeness (QED) is 0.844. The summed E-state index contributed by atoms with van der Waals surface area (Å²) in [5, 5.41) is 6.87. The number of nitrogens with one attached hydrogen (secondary N) is 2. The summed E-state index contributed by atoms with van der Waals surface area (Å²) in [6, 6.07) is 8.24. The average molecular weight is 253 g/mol. The molecule has 17 heavy (non-hydrogen) atoms. The first kappa shape index (κ1) is 12.4. The lowest BCUT2D eigenvalue weighted by Crippen LogP contribution is -2.36. The Morgan fingerprint density at radius 1 is 1.41 bits per heavy atom. The maximum atomic E-state index is 11.5. The summed E-state index contributed by atoms with van der Waals surface area (Å²) in [5.74, 6) is 0.0771. The van der Waals surface area contributed by atoms with Crippen molar-refractivity contribution < 1.29 is 4.79 Å². The van der Waals surface area contributed by atoms with Crippen LogP contribution < -0.4 is 10.6 Å². The monoisotopic (exact) mass is 252 g/mol. The van der Waals surface area contributed by atoms with Crippen LogP contribution in [0.2, 0.25) is 5.02 Å². The second kappa shape index (κ2) is 5.52. The van der Waals surface area contributed by atoms with Gasteiger partial charge in [0.25, 0.3) is 0 Å². The van der Waals surface area contributed by atoms with Crippen LogP contribution in [0.3, 0.4) is 0 Å². The van der Waals surface area contributed by atoms with Gasteiger partial charge in [0.2, 0.25) is 5.91 Å². The highest BCUT2D eigenvalue weighted by atomic mass is 35.5. The summed E-state index contributed by atoms with van der Waals surface area (Å²) in [7, 11) is 0. The Morgan fingerprint density at radius 3 is 2.65 bits per heavy atom. The Morgan fingerprint density at radius 2 is 2.06 bits per heavy atom. The van der Waals surface area contributed by atoms with Crippen LogP contribution in [0, 0.1) is 0 Å². The third-order valence-corrected chi connectivity index (χ3v) is 3.13. The third-order valence-electron chi connectivity index (χ3n) is 2.88. The van der Waals surface area contributed by atoms with Gasteiger partial charge in [0.05, 0.1) is 6.54 Å². The van der Waals surface area contributed by atoms with Gasteiger partial charge < -0.3 is 10.6 Å². The second-order valence-electron chi connectivity index (χ2n) is 4.50. The van der Waals surface area contributed by atoms with Gasteiger partial charge in [-0.3, -0.25) is 4.79 Å². The van der Waals surface area contributed by atoms with Crippen molar-refractivity contribution in [2.24, 2.45) is 0 Å². The van der Waals surface area contributed by atoms with E-state index in [-0.39, 0.29) is 11.9 Å². The lowest BCUT2D eigenvalue weighted by molar-refractivity contribution is -0.120. The lowest BCUT2D eigenvalue weighted by Gasteiger charge is -2.14.